The molecule has 1 heterocycles. The fourth-order valence-corrected chi connectivity index (χ4v) is 2.69. The monoisotopic (exact) mass is 293 g/mol. The zero-order valence-corrected chi connectivity index (χ0v) is 11.9. The minimum absolute atomic E-state index is 0.0683. The lowest BCUT2D eigenvalue weighted by atomic mass is 10.1. The summed E-state index contributed by atoms with van der Waals surface area (Å²) < 4.78 is 0. The maximum Gasteiger partial charge on any atom is 0.305 e. The van der Waals surface area contributed by atoms with Crippen LogP contribution in [-0.2, 0) is 0 Å². The predicted octanol–water partition coefficient (Wildman–Crippen LogP) is 1.62. The quantitative estimate of drug-likeness (QED) is 0.635. The molecule has 0 radical (unpaired) electrons. The van der Waals surface area contributed by atoms with Crippen molar-refractivity contribution in [3.63, 3.8) is 0 Å². The first-order chi connectivity index (χ1) is 10.1. The van der Waals surface area contributed by atoms with Crippen molar-refractivity contribution in [2.24, 2.45) is 0 Å². The first kappa shape index (κ1) is 15.2. The number of rotatable bonds is 5. The lowest BCUT2D eigenvalue weighted by Crippen LogP contribution is -2.37. The third kappa shape index (κ3) is 2.97. The molecule has 1 aliphatic rings. The topological polar surface area (TPSA) is 95.7 Å². The fraction of sp³-hybridized carbons (Fsp3) is 0.500. The molecule has 1 aromatic carbocycles. The van der Waals surface area contributed by atoms with Gasteiger partial charge in [0.05, 0.1) is 17.6 Å². The van der Waals surface area contributed by atoms with Crippen LogP contribution in [0.2, 0.25) is 0 Å². The van der Waals surface area contributed by atoms with Crippen LogP contribution in [0.3, 0.4) is 0 Å². The van der Waals surface area contributed by atoms with Crippen molar-refractivity contribution >= 4 is 17.3 Å². The van der Waals surface area contributed by atoms with Crippen LogP contribution < -0.4 is 5.32 Å². The molecule has 1 unspecified atom stereocenters. The standard InChI is InChI=1S/C14H19N3O4/c1-2-15-12-7-3-6-11(13(12)17(20)21)14(19)16-8-4-5-10(16)9-18/h3,6-7,10,15,18H,2,4-5,8-9H2,1H3. The Balaban J connectivity index is 2.40. The van der Waals surface area contributed by atoms with Crippen molar-refractivity contribution in [1.82, 2.24) is 4.90 Å². The number of nitrogens with zero attached hydrogens (tertiary/aromatic N) is 2. The van der Waals surface area contributed by atoms with Gasteiger partial charge in [-0.15, -0.1) is 0 Å². The second kappa shape index (κ2) is 6.53. The number of aliphatic hydroxyl groups excluding tert-OH is 1. The summed E-state index contributed by atoms with van der Waals surface area (Å²) >= 11 is 0. The number of nitro benzene ring substituents is 1. The number of hydrogen-bond acceptors (Lipinski definition) is 5. The number of carbonyl (C=O) groups is 1. The van der Waals surface area contributed by atoms with Gasteiger partial charge in [0.25, 0.3) is 5.91 Å². The maximum absolute atomic E-state index is 12.6. The van der Waals surface area contributed by atoms with Gasteiger partial charge in [-0.25, -0.2) is 0 Å². The minimum Gasteiger partial charge on any atom is -0.394 e. The highest BCUT2D eigenvalue weighted by Crippen LogP contribution is 2.31. The van der Waals surface area contributed by atoms with Gasteiger partial charge in [0.1, 0.15) is 11.3 Å². The van der Waals surface area contributed by atoms with Gasteiger partial charge in [-0.1, -0.05) is 6.07 Å². The minimum atomic E-state index is -0.532. The number of hydrogen-bond donors (Lipinski definition) is 2. The molecule has 0 aliphatic carbocycles. The number of amides is 1. The molecule has 1 aromatic rings. The SMILES string of the molecule is CCNc1cccc(C(=O)N2CCCC2CO)c1[N+](=O)[O-]. The molecular weight excluding hydrogens is 274 g/mol. The van der Waals surface area contributed by atoms with E-state index in [1.54, 1.807) is 12.1 Å². The average Bonchev–Trinajstić information content (AvgIpc) is 2.94. The molecule has 21 heavy (non-hydrogen) atoms. The Kier molecular flexibility index (Phi) is 4.74. The van der Waals surface area contributed by atoms with Gasteiger partial charge in [0, 0.05) is 13.1 Å². The summed E-state index contributed by atoms with van der Waals surface area (Å²) in [6.07, 6.45) is 1.53. The molecule has 1 aliphatic heterocycles. The molecular formula is C14H19N3O4. The Bertz CT molecular complexity index is 547. The number of anilines is 1. The highest BCUT2D eigenvalue weighted by Gasteiger charge is 2.33. The van der Waals surface area contributed by atoms with E-state index in [2.05, 4.69) is 5.32 Å². The zero-order chi connectivity index (χ0) is 15.4. The van der Waals surface area contributed by atoms with Crippen molar-refractivity contribution in [2.45, 2.75) is 25.8 Å². The Morgan fingerprint density at radius 3 is 2.95 bits per heavy atom. The van der Waals surface area contributed by atoms with Crippen LogP contribution >= 0.6 is 0 Å². The molecule has 1 saturated heterocycles. The third-order valence-electron chi connectivity index (χ3n) is 3.66. The number of likely N-dealkylation sites (tertiary alicyclic amines) is 1. The molecule has 0 spiro atoms. The zero-order valence-electron chi connectivity index (χ0n) is 11.9. The van der Waals surface area contributed by atoms with E-state index in [9.17, 15) is 20.0 Å². The molecule has 7 nitrogen and oxygen atoms in total. The molecule has 1 atom stereocenters. The Morgan fingerprint density at radius 1 is 1.57 bits per heavy atom. The first-order valence-corrected chi connectivity index (χ1v) is 7.03. The Morgan fingerprint density at radius 2 is 2.33 bits per heavy atom. The highest BCUT2D eigenvalue weighted by atomic mass is 16.6. The fourth-order valence-electron chi connectivity index (χ4n) is 2.69. The van der Waals surface area contributed by atoms with Gasteiger partial charge >= 0.3 is 5.69 Å². The molecule has 2 rings (SSSR count). The molecule has 2 N–H and O–H groups in total. The number of para-hydroxylation sites is 1. The van der Waals surface area contributed by atoms with Crippen molar-refractivity contribution in [3.05, 3.63) is 33.9 Å². The predicted molar refractivity (Wildman–Crippen MR) is 78.4 cm³/mol. The third-order valence-corrected chi connectivity index (χ3v) is 3.66. The lowest BCUT2D eigenvalue weighted by Gasteiger charge is -2.23. The van der Waals surface area contributed by atoms with Crippen LogP contribution in [0.15, 0.2) is 18.2 Å². The van der Waals surface area contributed by atoms with Crippen LogP contribution in [0.25, 0.3) is 0 Å². The van der Waals surface area contributed by atoms with Crippen LogP contribution in [-0.4, -0.2) is 46.6 Å². The second-order valence-electron chi connectivity index (χ2n) is 4.97. The maximum atomic E-state index is 12.6. The van der Waals surface area contributed by atoms with E-state index in [0.29, 0.717) is 18.8 Å². The number of nitro groups is 1. The molecule has 0 bridgehead atoms. The molecule has 1 amide bonds. The molecule has 0 aromatic heterocycles. The summed E-state index contributed by atoms with van der Waals surface area (Å²) in [5, 5.41) is 23.5. The van der Waals surface area contributed by atoms with Crippen molar-refractivity contribution in [1.29, 1.82) is 0 Å². The number of carbonyl (C=O) groups excluding carboxylic acids is 1. The molecule has 114 valence electrons. The Hall–Kier alpha value is -2.15. The second-order valence-corrected chi connectivity index (χ2v) is 4.97. The van der Waals surface area contributed by atoms with Crippen LogP contribution in [0.4, 0.5) is 11.4 Å². The largest absolute Gasteiger partial charge is 0.394 e. The van der Waals surface area contributed by atoms with Gasteiger partial charge in [-0.2, -0.15) is 0 Å². The van der Waals surface area contributed by atoms with Gasteiger partial charge in [0.15, 0.2) is 0 Å². The summed E-state index contributed by atoms with van der Waals surface area (Å²) in [6.45, 7) is 2.76. The van der Waals surface area contributed by atoms with E-state index in [-0.39, 0.29) is 23.9 Å². The lowest BCUT2D eigenvalue weighted by molar-refractivity contribution is -0.384. The number of aliphatic hydroxyl groups is 1. The van der Waals surface area contributed by atoms with E-state index < -0.39 is 10.8 Å². The van der Waals surface area contributed by atoms with E-state index >= 15 is 0 Å². The van der Waals surface area contributed by atoms with E-state index in [1.807, 2.05) is 6.92 Å². The number of benzene rings is 1. The van der Waals surface area contributed by atoms with E-state index in [0.717, 1.165) is 12.8 Å². The van der Waals surface area contributed by atoms with E-state index in [4.69, 9.17) is 0 Å². The van der Waals surface area contributed by atoms with Crippen LogP contribution in [0.1, 0.15) is 30.1 Å². The van der Waals surface area contributed by atoms with Gasteiger partial charge in [-0.3, -0.25) is 14.9 Å². The van der Waals surface area contributed by atoms with Crippen molar-refractivity contribution < 1.29 is 14.8 Å². The summed E-state index contributed by atoms with van der Waals surface area (Å²) in [4.78, 5) is 24.9. The van der Waals surface area contributed by atoms with E-state index in [1.165, 1.54) is 11.0 Å². The van der Waals surface area contributed by atoms with Crippen molar-refractivity contribution in [2.75, 3.05) is 25.0 Å². The van der Waals surface area contributed by atoms with Gasteiger partial charge < -0.3 is 15.3 Å². The van der Waals surface area contributed by atoms with Crippen LogP contribution in [0.5, 0.6) is 0 Å². The normalized spacial score (nSPS) is 17.8. The summed E-state index contributed by atoms with van der Waals surface area (Å²) in [7, 11) is 0. The van der Waals surface area contributed by atoms with Gasteiger partial charge in [0.2, 0.25) is 0 Å². The summed E-state index contributed by atoms with van der Waals surface area (Å²) in [5.74, 6) is -0.391. The first-order valence-electron chi connectivity index (χ1n) is 7.03. The molecule has 7 heteroatoms. The average molecular weight is 293 g/mol. The Labute approximate surface area is 122 Å². The highest BCUT2D eigenvalue weighted by molar-refractivity contribution is 6.00. The van der Waals surface area contributed by atoms with Gasteiger partial charge in [-0.05, 0) is 31.9 Å². The molecule has 0 saturated carbocycles. The summed E-state index contributed by atoms with van der Waals surface area (Å²) in [5.41, 5.74) is 0.208. The molecule has 1 fully saturated rings. The number of nitrogens with one attached hydrogen (secondary N) is 1. The smallest absolute Gasteiger partial charge is 0.305 e. The van der Waals surface area contributed by atoms with Crippen molar-refractivity contribution in [3.8, 4) is 0 Å². The summed E-state index contributed by atoms with van der Waals surface area (Å²) in [6, 6.07) is 4.43. The van der Waals surface area contributed by atoms with Crippen LogP contribution in [0, 0.1) is 10.1 Å².